The molecular formula is C34H41FO4. The van der Waals surface area contributed by atoms with Crippen molar-refractivity contribution >= 4 is 5.97 Å². The molecule has 0 spiro atoms. The van der Waals surface area contributed by atoms with Gasteiger partial charge in [0, 0.05) is 11.0 Å². The molecule has 39 heavy (non-hydrogen) atoms. The van der Waals surface area contributed by atoms with Crippen LogP contribution in [0.4, 0.5) is 4.39 Å². The van der Waals surface area contributed by atoms with Crippen molar-refractivity contribution < 1.29 is 23.8 Å². The normalized spacial score (nSPS) is 21.0. The number of carbonyl (C=O) groups is 1. The number of allylic oxidation sites excluding steroid dienone is 4. The van der Waals surface area contributed by atoms with E-state index in [0.717, 1.165) is 48.1 Å². The summed E-state index contributed by atoms with van der Waals surface area (Å²) in [6.45, 7) is 9.10. The highest BCUT2D eigenvalue weighted by molar-refractivity contribution is 5.68. The highest BCUT2D eigenvalue weighted by atomic mass is 19.1. The maximum absolute atomic E-state index is 15.3. The Morgan fingerprint density at radius 2 is 1.87 bits per heavy atom. The number of carboxylic acid groups (broad SMARTS) is 1. The molecule has 1 N–H and O–H groups in total. The maximum atomic E-state index is 15.3. The van der Waals surface area contributed by atoms with Gasteiger partial charge in [-0.05, 0) is 89.6 Å². The summed E-state index contributed by atoms with van der Waals surface area (Å²) in [4.78, 5) is 11.4. The first-order valence-electron chi connectivity index (χ1n) is 14.0. The van der Waals surface area contributed by atoms with Crippen molar-refractivity contribution in [1.29, 1.82) is 0 Å². The SMILES string of the molecule is CCC[C@@H](CC(=O)O)c1cccc(OCC2=CCC(C)(c3cc(OC)ccc3F)C(C3=CCCC3(C)C)=C2)c1. The number of hydrogen-bond donors (Lipinski definition) is 1. The van der Waals surface area contributed by atoms with E-state index >= 15 is 4.39 Å². The summed E-state index contributed by atoms with van der Waals surface area (Å²) >= 11 is 0. The predicted molar refractivity (Wildman–Crippen MR) is 154 cm³/mol. The van der Waals surface area contributed by atoms with E-state index < -0.39 is 11.4 Å². The molecule has 208 valence electrons. The Kier molecular flexibility index (Phi) is 8.68. The van der Waals surface area contributed by atoms with E-state index in [1.807, 2.05) is 30.3 Å². The number of halogens is 1. The molecule has 0 saturated heterocycles. The zero-order valence-corrected chi connectivity index (χ0v) is 23.9. The fourth-order valence-electron chi connectivity index (χ4n) is 6.07. The standard InChI is InChI=1S/C34H41FO4/c1-6-9-24(20-32(36)37)25-10-7-11-27(19-25)39-22-23-15-17-34(4,30-21-26(38-5)13-14-31(30)35)29(18-23)28-12-8-16-33(28,2)3/h7,10-15,18-19,21,24H,6,8-9,16-17,20,22H2,1-5H3,(H,36,37)/t24-,34?/m0/s1. The Hall–Kier alpha value is -3.34. The number of aliphatic carboxylic acids is 1. The van der Waals surface area contributed by atoms with Gasteiger partial charge >= 0.3 is 5.97 Å². The maximum Gasteiger partial charge on any atom is 0.303 e. The molecule has 1 unspecified atom stereocenters. The number of benzene rings is 2. The average Bonchev–Trinajstić information content (AvgIpc) is 3.26. The van der Waals surface area contributed by atoms with Gasteiger partial charge < -0.3 is 14.6 Å². The molecule has 4 nitrogen and oxygen atoms in total. The van der Waals surface area contributed by atoms with Crippen molar-refractivity contribution in [2.45, 2.75) is 77.6 Å². The Balaban J connectivity index is 1.63. The summed E-state index contributed by atoms with van der Waals surface area (Å²) in [5.74, 6) is 0.320. The summed E-state index contributed by atoms with van der Waals surface area (Å²) in [5.41, 5.74) is 4.55. The number of hydrogen-bond acceptors (Lipinski definition) is 3. The third kappa shape index (κ3) is 6.29. The van der Waals surface area contributed by atoms with Gasteiger partial charge in [0.1, 0.15) is 23.9 Å². The smallest absolute Gasteiger partial charge is 0.303 e. The lowest BCUT2D eigenvalue weighted by Crippen LogP contribution is -2.32. The fourth-order valence-corrected chi connectivity index (χ4v) is 6.07. The number of carboxylic acids is 1. The molecule has 0 heterocycles. The van der Waals surface area contributed by atoms with Crippen LogP contribution in [0, 0.1) is 11.2 Å². The average molecular weight is 533 g/mol. The minimum Gasteiger partial charge on any atom is -0.497 e. The molecule has 2 aliphatic rings. The van der Waals surface area contributed by atoms with Crippen molar-refractivity contribution in [1.82, 2.24) is 0 Å². The summed E-state index contributed by atoms with van der Waals surface area (Å²) in [6.07, 6.45) is 11.2. The van der Waals surface area contributed by atoms with Gasteiger partial charge in [0.25, 0.3) is 0 Å². The van der Waals surface area contributed by atoms with Crippen LogP contribution in [0.2, 0.25) is 0 Å². The van der Waals surface area contributed by atoms with Crippen LogP contribution in [0.5, 0.6) is 11.5 Å². The van der Waals surface area contributed by atoms with Gasteiger partial charge in [-0.3, -0.25) is 4.79 Å². The van der Waals surface area contributed by atoms with Gasteiger partial charge in [-0.1, -0.05) is 64.5 Å². The van der Waals surface area contributed by atoms with Crippen molar-refractivity contribution in [3.8, 4) is 11.5 Å². The van der Waals surface area contributed by atoms with Crippen LogP contribution in [-0.4, -0.2) is 24.8 Å². The van der Waals surface area contributed by atoms with Crippen LogP contribution >= 0.6 is 0 Å². The van der Waals surface area contributed by atoms with Gasteiger partial charge in [-0.2, -0.15) is 0 Å². The van der Waals surface area contributed by atoms with E-state index in [4.69, 9.17) is 9.47 Å². The van der Waals surface area contributed by atoms with E-state index in [2.05, 4.69) is 45.9 Å². The van der Waals surface area contributed by atoms with Crippen LogP contribution < -0.4 is 9.47 Å². The summed E-state index contributed by atoms with van der Waals surface area (Å²) in [7, 11) is 1.61. The highest BCUT2D eigenvalue weighted by Crippen LogP contribution is 2.52. The molecule has 2 aromatic rings. The van der Waals surface area contributed by atoms with Crippen LogP contribution in [0.25, 0.3) is 0 Å². The predicted octanol–water partition coefficient (Wildman–Crippen LogP) is 8.53. The third-order valence-electron chi connectivity index (χ3n) is 8.39. The molecule has 0 bridgehead atoms. The van der Waals surface area contributed by atoms with Crippen LogP contribution in [-0.2, 0) is 10.2 Å². The number of rotatable bonds is 11. The Morgan fingerprint density at radius 3 is 2.54 bits per heavy atom. The van der Waals surface area contributed by atoms with Crippen molar-refractivity contribution in [2.24, 2.45) is 5.41 Å². The molecule has 2 aliphatic carbocycles. The van der Waals surface area contributed by atoms with Gasteiger partial charge in [-0.15, -0.1) is 0 Å². The van der Waals surface area contributed by atoms with E-state index in [9.17, 15) is 9.90 Å². The van der Waals surface area contributed by atoms with Crippen LogP contribution in [0.15, 0.2) is 77.4 Å². The van der Waals surface area contributed by atoms with E-state index in [1.165, 1.54) is 11.6 Å². The molecule has 0 aromatic heterocycles. The molecule has 0 aliphatic heterocycles. The lowest BCUT2D eigenvalue weighted by atomic mass is 9.64. The number of methoxy groups -OCH3 is 1. The Labute approximate surface area is 232 Å². The zero-order chi connectivity index (χ0) is 28.2. The first-order chi connectivity index (χ1) is 18.6. The van der Waals surface area contributed by atoms with Crippen LogP contribution in [0.1, 0.15) is 83.3 Å². The monoisotopic (exact) mass is 532 g/mol. The van der Waals surface area contributed by atoms with Crippen molar-refractivity contribution in [3.05, 3.63) is 94.4 Å². The Morgan fingerprint density at radius 1 is 1.08 bits per heavy atom. The van der Waals surface area contributed by atoms with E-state index in [-0.39, 0.29) is 23.6 Å². The summed E-state index contributed by atoms with van der Waals surface area (Å²) in [6, 6.07) is 12.8. The molecule has 5 heteroatoms. The second-order valence-corrected chi connectivity index (χ2v) is 11.7. The molecule has 0 amide bonds. The molecule has 0 radical (unpaired) electrons. The lowest BCUT2D eigenvalue weighted by molar-refractivity contribution is -0.137. The molecule has 0 fully saturated rings. The molecule has 4 rings (SSSR count). The molecular weight excluding hydrogens is 491 g/mol. The highest BCUT2D eigenvalue weighted by Gasteiger charge is 2.42. The van der Waals surface area contributed by atoms with Gasteiger partial charge in [-0.25, -0.2) is 4.39 Å². The van der Waals surface area contributed by atoms with Gasteiger partial charge in [0.15, 0.2) is 0 Å². The van der Waals surface area contributed by atoms with Crippen LogP contribution in [0.3, 0.4) is 0 Å². The topological polar surface area (TPSA) is 55.8 Å². The lowest BCUT2D eigenvalue weighted by Gasteiger charge is -2.40. The second-order valence-electron chi connectivity index (χ2n) is 11.7. The Bertz CT molecular complexity index is 1300. The fraction of sp³-hybridized carbons (Fsp3) is 0.441. The minimum atomic E-state index is -0.788. The molecule has 2 aromatic carbocycles. The molecule has 2 atom stereocenters. The quantitative estimate of drug-likeness (QED) is 0.315. The van der Waals surface area contributed by atoms with Gasteiger partial charge in [0.2, 0.25) is 0 Å². The minimum absolute atomic E-state index is 0.00148. The van der Waals surface area contributed by atoms with E-state index in [0.29, 0.717) is 24.3 Å². The summed E-state index contributed by atoms with van der Waals surface area (Å²) in [5, 5.41) is 9.36. The molecule has 0 saturated carbocycles. The van der Waals surface area contributed by atoms with Crippen molar-refractivity contribution in [2.75, 3.05) is 13.7 Å². The second kappa shape index (κ2) is 11.8. The van der Waals surface area contributed by atoms with Gasteiger partial charge in [0.05, 0.1) is 13.5 Å². The number of ether oxygens (including phenoxy) is 2. The van der Waals surface area contributed by atoms with E-state index in [1.54, 1.807) is 13.2 Å². The zero-order valence-electron chi connectivity index (χ0n) is 23.9. The largest absolute Gasteiger partial charge is 0.497 e. The summed E-state index contributed by atoms with van der Waals surface area (Å²) < 4.78 is 27.0. The first-order valence-corrected chi connectivity index (χ1v) is 14.0. The first kappa shape index (κ1) is 28.7. The third-order valence-corrected chi connectivity index (χ3v) is 8.39. The van der Waals surface area contributed by atoms with Crippen molar-refractivity contribution in [3.63, 3.8) is 0 Å².